The number of benzene rings is 1. The van der Waals surface area contributed by atoms with Gasteiger partial charge in [0.15, 0.2) is 0 Å². The minimum atomic E-state index is 0.672. The second-order valence-corrected chi connectivity index (χ2v) is 3.47. The number of hydrogen-bond donors (Lipinski definition) is 1. The molecule has 0 saturated carbocycles. The molecule has 0 atom stereocenters. The molecule has 0 radical (unpaired) electrons. The van der Waals surface area contributed by atoms with Crippen LogP contribution in [0.5, 0.6) is 0 Å². The molecule has 16 heavy (non-hydrogen) atoms. The minimum absolute atomic E-state index is 0.672. The second kappa shape index (κ2) is 5.85. The van der Waals surface area contributed by atoms with Crippen molar-refractivity contribution in [2.45, 2.75) is 12.8 Å². The summed E-state index contributed by atoms with van der Waals surface area (Å²) >= 11 is 0. The molecule has 0 unspecified atom stereocenters. The quantitative estimate of drug-likeness (QED) is 0.595. The summed E-state index contributed by atoms with van der Waals surface area (Å²) < 4.78 is 0. The lowest BCUT2D eigenvalue weighted by atomic mass is 10.0. The molecular formula is C13H17N3. The van der Waals surface area contributed by atoms with E-state index in [9.17, 15) is 0 Å². The molecule has 3 nitrogen and oxygen atoms in total. The predicted octanol–water partition coefficient (Wildman–Crippen LogP) is 2.58. The smallest absolute Gasteiger partial charge is 0.0936 e. The molecule has 0 bridgehead atoms. The maximum absolute atomic E-state index is 5.65. The van der Waals surface area contributed by atoms with Gasteiger partial charge in [0.2, 0.25) is 0 Å². The molecule has 2 N–H and O–H groups in total. The van der Waals surface area contributed by atoms with Crippen LogP contribution in [0.15, 0.2) is 34.8 Å². The average Bonchev–Trinajstić information content (AvgIpc) is 2.35. The Hall–Kier alpha value is -1.90. The summed E-state index contributed by atoms with van der Waals surface area (Å²) in [5.74, 6) is 0.672. The molecule has 0 heterocycles. The number of nitrogens with zero attached hydrogens (tertiary/aromatic N) is 2. The largest absolute Gasteiger partial charge is 0.387 e. The van der Waals surface area contributed by atoms with Crippen molar-refractivity contribution in [2.24, 2.45) is 15.7 Å². The van der Waals surface area contributed by atoms with Crippen molar-refractivity contribution in [2.75, 3.05) is 7.05 Å². The SMILES string of the molecule is C=Cc1cc(CCC(N)=NC)ccc1N=C. The van der Waals surface area contributed by atoms with Gasteiger partial charge >= 0.3 is 0 Å². The summed E-state index contributed by atoms with van der Waals surface area (Å²) in [6.07, 6.45) is 3.43. The summed E-state index contributed by atoms with van der Waals surface area (Å²) in [4.78, 5) is 7.85. The normalized spacial score (nSPS) is 11.2. The maximum Gasteiger partial charge on any atom is 0.0936 e. The van der Waals surface area contributed by atoms with Crippen LogP contribution >= 0.6 is 0 Å². The predicted molar refractivity (Wildman–Crippen MR) is 71.6 cm³/mol. The van der Waals surface area contributed by atoms with Crippen LogP contribution in [0, 0.1) is 0 Å². The molecular weight excluding hydrogens is 198 g/mol. The number of nitrogens with two attached hydrogens (primary N) is 1. The van der Waals surface area contributed by atoms with E-state index in [-0.39, 0.29) is 0 Å². The van der Waals surface area contributed by atoms with E-state index in [1.165, 1.54) is 5.56 Å². The Kier molecular flexibility index (Phi) is 4.45. The minimum Gasteiger partial charge on any atom is -0.387 e. The van der Waals surface area contributed by atoms with Crippen molar-refractivity contribution >= 4 is 24.3 Å². The summed E-state index contributed by atoms with van der Waals surface area (Å²) in [6.45, 7) is 7.28. The number of aryl methyl sites for hydroxylation is 1. The fourth-order valence-corrected chi connectivity index (χ4v) is 1.45. The molecule has 0 aliphatic carbocycles. The molecule has 0 aliphatic heterocycles. The summed E-state index contributed by atoms with van der Waals surface area (Å²) in [7, 11) is 1.70. The van der Waals surface area contributed by atoms with E-state index in [0.29, 0.717) is 5.84 Å². The third-order valence-electron chi connectivity index (χ3n) is 2.44. The summed E-state index contributed by atoms with van der Waals surface area (Å²) in [5, 5.41) is 0. The molecule has 3 heteroatoms. The molecule has 84 valence electrons. The number of rotatable bonds is 5. The molecule has 0 spiro atoms. The third kappa shape index (κ3) is 3.05. The van der Waals surface area contributed by atoms with Crippen molar-refractivity contribution in [3.05, 3.63) is 35.9 Å². The van der Waals surface area contributed by atoms with Crippen molar-refractivity contribution in [1.29, 1.82) is 0 Å². The molecule has 0 amide bonds. The van der Waals surface area contributed by atoms with Gasteiger partial charge < -0.3 is 5.73 Å². The molecule has 0 aromatic heterocycles. The van der Waals surface area contributed by atoms with E-state index < -0.39 is 0 Å². The number of amidine groups is 1. The van der Waals surface area contributed by atoms with Gasteiger partial charge in [-0.05, 0) is 36.4 Å². The first-order chi connectivity index (χ1) is 7.71. The Morgan fingerprint density at radius 1 is 1.50 bits per heavy atom. The van der Waals surface area contributed by atoms with Gasteiger partial charge in [-0.1, -0.05) is 18.7 Å². The van der Waals surface area contributed by atoms with Gasteiger partial charge in [0.1, 0.15) is 0 Å². The Morgan fingerprint density at radius 3 is 2.81 bits per heavy atom. The van der Waals surface area contributed by atoms with E-state index in [2.05, 4.69) is 29.3 Å². The van der Waals surface area contributed by atoms with Gasteiger partial charge in [-0.2, -0.15) is 0 Å². The first kappa shape index (κ1) is 12.2. The number of aliphatic imine (C=N–C) groups is 2. The topological polar surface area (TPSA) is 50.7 Å². The highest BCUT2D eigenvalue weighted by atomic mass is 14.8. The van der Waals surface area contributed by atoms with Gasteiger partial charge in [-0.3, -0.25) is 9.98 Å². The Labute approximate surface area is 96.4 Å². The summed E-state index contributed by atoms with van der Waals surface area (Å²) in [6, 6.07) is 6.03. The zero-order valence-corrected chi connectivity index (χ0v) is 9.61. The van der Waals surface area contributed by atoms with E-state index in [0.717, 1.165) is 24.1 Å². The molecule has 1 aromatic carbocycles. The van der Waals surface area contributed by atoms with Crippen LogP contribution in [0.3, 0.4) is 0 Å². The molecule has 1 aromatic rings. The zero-order valence-electron chi connectivity index (χ0n) is 9.61. The van der Waals surface area contributed by atoms with Crippen LogP contribution in [-0.4, -0.2) is 19.6 Å². The molecule has 1 rings (SSSR count). The van der Waals surface area contributed by atoms with Crippen LogP contribution in [0.4, 0.5) is 5.69 Å². The van der Waals surface area contributed by atoms with Crippen LogP contribution < -0.4 is 5.73 Å². The Balaban J connectivity index is 2.83. The van der Waals surface area contributed by atoms with Crippen LogP contribution in [0.25, 0.3) is 6.08 Å². The average molecular weight is 215 g/mol. The lowest BCUT2D eigenvalue weighted by Crippen LogP contribution is -2.12. The van der Waals surface area contributed by atoms with Crippen molar-refractivity contribution < 1.29 is 0 Å². The molecule has 0 fully saturated rings. The van der Waals surface area contributed by atoms with Gasteiger partial charge in [-0.15, -0.1) is 0 Å². The van der Waals surface area contributed by atoms with E-state index >= 15 is 0 Å². The maximum atomic E-state index is 5.65. The lowest BCUT2D eigenvalue weighted by Gasteiger charge is -2.05. The highest BCUT2D eigenvalue weighted by Gasteiger charge is 2.00. The highest BCUT2D eigenvalue weighted by molar-refractivity contribution is 5.80. The van der Waals surface area contributed by atoms with Gasteiger partial charge in [-0.25, -0.2) is 0 Å². The first-order valence-electron chi connectivity index (χ1n) is 5.14. The van der Waals surface area contributed by atoms with Crippen LogP contribution in [-0.2, 0) is 6.42 Å². The fourth-order valence-electron chi connectivity index (χ4n) is 1.45. The van der Waals surface area contributed by atoms with Crippen molar-refractivity contribution in [1.82, 2.24) is 0 Å². The van der Waals surface area contributed by atoms with Gasteiger partial charge in [0, 0.05) is 13.5 Å². The number of hydrogen-bond acceptors (Lipinski definition) is 2. The van der Waals surface area contributed by atoms with Crippen molar-refractivity contribution in [3.63, 3.8) is 0 Å². The van der Waals surface area contributed by atoms with Crippen molar-refractivity contribution in [3.8, 4) is 0 Å². The van der Waals surface area contributed by atoms with Crippen LogP contribution in [0.1, 0.15) is 17.5 Å². The van der Waals surface area contributed by atoms with Gasteiger partial charge in [0.25, 0.3) is 0 Å². The second-order valence-electron chi connectivity index (χ2n) is 3.47. The summed E-state index contributed by atoms with van der Waals surface area (Å²) in [5.41, 5.74) is 8.71. The standard InChI is InChI=1S/C13H17N3/c1-4-11-9-10(5-7-12(11)15-2)6-8-13(14)16-3/h4-5,7,9H,1-2,6,8H2,3H3,(H2,14,16). The van der Waals surface area contributed by atoms with E-state index in [1.807, 2.05) is 12.1 Å². The molecule has 0 aliphatic rings. The fraction of sp³-hybridized carbons (Fsp3) is 0.231. The monoisotopic (exact) mass is 215 g/mol. The third-order valence-corrected chi connectivity index (χ3v) is 2.44. The molecule has 0 saturated heterocycles. The first-order valence-corrected chi connectivity index (χ1v) is 5.14. The van der Waals surface area contributed by atoms with E-state index in [1.54, 1.807) is 13.1 Å². The Bertz CT molecular complexity index is 419. The zero-order chi connectivity index (χ0) is 12.0. The van der Waals surface area contributed by atoms with Crippen LogP contribution in [0.2, 0.25) is 0 Å². The van der Waals surface area contributed by atoms with E-state index in [4.69, 9.17) is 5.73 Å². The van der Waals surface area contributed by atoms with Gasteiger partial charge in [0.05, 0.1) is 11.5 Å². The Morgan fingerprint density at radius 2 is 2.25 bits per heavy atom. The lowest BCUT2D eigenvalue weighted by molar-refractivity contribution is 1.02. The highest BCUT2D eigenvalue weighted by Crippen LogP contribution is 2.21.